The molecule has 96 valence electrons. The summed E-state index contributed by atoms with van der Waals surface area (Å²) in [5, 5.41) is 23.5. The lowest BCUT2D eigenvalue weighted by Crippen LogP contribution is -1.93. The van der Waals surface area contributed by atoms with E-state index in [4.69, 9.17) is 5.73 Å². The molecular formula is C12H11N5OS. The van der Waals surface area contributed by atoms with E-state index in [1.807, 2.05) is 0 Å². The fraction of sp³-hybridized carbons (Fsp3) is 0.250. The van der Waals surface area contributed by atoms with Crippen molar-refractivity contribution in [1.29, 1.82) is 0 Å². The largest absolute Gasteiger partial charge is 0.507 e. The molecule has 1 aliphatic rings. The van der Waals surface area contributed by atoms with Gasteiger partial charge in [-0.2, -0.15) is 9.61 Å². The highest BCUT2D eigenvalue weighted by Crippen LogP contribution is 2.40. The zero-order chi connectivity index (χ0) is 13.0. The number of phenolic OH excluding ortho intramolecular Hbond substituents is 1. The molecule has 19 heavy (non-hydrogen) atoms. The number of benzene rings is 1. The number of rotatable bonds is 2. The second-order valence-corrected chi connectivity index (χ2v) is 5.67. The Hall–Kier alpha value is -2.15. The summed E-state index contributed by atoms with van der Waals surface area (Å²) in [5.41, 5.74) is 6.83. The van der Waals surface area contributed by atoms with E-state index < -0.39 is 0 Å². The molecule has 3 N–H and O–H groups in total. The molecule has 0 atom stereocenters. The van der Waals surface area contributed by atoms with Crippen molar-refractivity contribution in [2.45, 2.75) is 18.8 Å². The molecule has 0 bridgehead atoms. The first kappa shape index (κ1) is 10.7. The maximum atomic E-state index is 9.94. The summed E-state index contributed by atoms with van der Waals surface area (Å²) in [5.74, 6) is 1.55. The fourth-order valence-electron chi connectivity index (χ4n) is 2.07. The van der Waals surface area contributed by atoms with Gasteiger partial charge in [-0.3, -0.25) is 0 Å². The molecule has 0 spiro atoms. The number of nitrogens with zero attached hydrogens (tertiary/aromatic N) is 4. The average molecular weight is 273 g/mol. The number of hydrogen-bond donors (Lipinski definition) is 2. The van der Waals surface area contributed by atoms with Gasteiger partial charge in [-0.05, 0) is 25.0 Å². The maximum absolute atomic E-state index is 9.94. The van der Waals surface area contributed by atoms with Crippen LogP contribution < -0.4 is 5.73 Å². The van der Waals surface area contributed by atoms with Crippen LogP contribution in [0.2, 0.25) is 0 Å². The van der Waals surface area contributed by atoms with Crippen LogP contribution in [0.1, 0.15) is 24.6 Å². The molecule has 0 aliphatic heterocycles. The van der Waals surface area contributed by atoms with Crippen molar-refractivity contribution in [3.05, 3.63) is 24.0 Å². The van der Waals surface area contributed by atoms with Gasteiger partial charge < -0.3 is 10.8 Å². The smallest absolute Gasteiger partial charge is 0.234 e. The molecule has 2 heterocycles. The third kappa shape index (κ3) is 1.66. The summed E-state index contributed by atoms with van der Waals surface area (Å²) >= 11 is 1.41. The Morgan fingerprint density at radius 1 is 1.32 bits per heavy atom. The van der Waals surface area contributed by atoms with Gasteiger partial charge in [0, 0.05) is 17.7 Å². The Bertz CT molecular complexity index is 774. The summed E-state index contributed by atoms with van der Waals surface area (Å²) in [7, 11) is 0. The van der Waals surface area contributed by atoms with Crippen LogP contribution in [0.15, 0.2) is 18.2 Å². The molecule has 3 aromatic rings. The predicted octanol–water partition coefficient (Wildman–Crippen LogP) is 2.02. The van der Waals surface area contributed by atoms with Crippen molar-refractivity contribution < 1.29 is 5.11 Å². The second kappa shape index (κ2) is 3.67. The quantitative estimate of drug-likeness (QED) is 0.697. The van der Waals surface area contributed by atoms with Gasteiger partial charge in [0.2, 0.25) is 4.96 Å². The van der Waals surface area contributed by atoms with E-state index >= 15 is 0 Å². The van der Waals surface area contributed by atoms with Gasteiger partial charge in [0.05, 0.1) is 5.56 Å². The summed E-state index contributed by atoms with van der Waals surface area (Å²) in [6.07, 6.45) is 2.31. The lowest BCUT2D eigenvalue weighted by molar-refractivity contribution is 0.477. The molecule has 0 saturated heterocycles. The molecule has 6 nitrogen and oxygen atoms in total. The monoisotopic (exact) mass is 273 g/mol. The van der Waals surface area contributed by atoms with Crippen LogP contribution in [0.25, 0.3) is 15.5 Å². The van der Waals surface area contributed by atoms with E-state index in [-0.39, 0.29) is 5.75 Å². The second-order valence-electron chi connectivity index (χ2n) is 4.71. The van der Waals surface area contributed by atoms with Crippen LogP contribution in [0.5, 0.6) is 5.75 Å². The minimum absolute atomic E-state index is 0.137. The zero-order valence-electron chi connectivity index (χ0n) is 9.95. The van der Waals surface area contributed by atoms with Crippen LogP contribution in [-0.2, 0) is 0 Å². The van der Waals surface area contributed by atoms with Crippen LogP contribution in [-0.4, -0.2) is 24.9 Å². The third-order valence-electron chi connectivity index (χ3n) is 3.21. The number of nitrogen functional groups attached to an aromatic ring is 1. The lowest BCUT2D eigenvalue weighted by Gasteiger charge is -2.01. The highest BCUT2D eigenvalue weighted by atomic mass is 32.1. The van der Waals surface area contributed by atoms with Crippen LogP contribution in [0, 0.1) is 0 Å². The van der Waals surface area contributed by atoms with E-state index in [9.17, 15) is 5.11 Å². The van der Waals surface area contributed by atoms with Crippen molar-refractivity contribution in [3.8, 4) is 16.3 Å². The van der Waals surface area contributed by atoms with Crippen LogP contribution in [0.3, 0.4) is 0 Å². The number of nitrogens with two attached hydrogens (primary N) is 1. The van der Waals surface area contributed by atoms with E-state index in [0.717, 1.165) is 28.6 Å². The molecule has 1 aliphatic carbocycles. The number of anilines is 1. The number of hydrogen-bond acceptors (Lipinski definition) is 6. The van der Waals surface area contributed by atoms with Crippen LogP contribution >= 0.6 is 11.3 Å². The Labute approximate surface area is 112 Å². The maximum Gasteiger partial charge on any atom is 0.234 e. The van der Waals surface area contributed by atoms with E-state index in [1.165, 1.54) is 17.4 Å². The minimum atomic E-state index is 0.137. The highest BCUT2D eigenvalue weighted by molar-refractivity contribution is 7.19. The summed E-state index contributed by atoms with van der Waals surface area (Å²) in [6.45, 7) is 0. The molecule has 0 amide bonds. The van der Waals surface area contributed by atoms with Gasteiger partial charge in [0.25, 0.3) is 0 Å². The van der Waals surface area contributed by atoms with E-state index in [2.05, 4.69) is 15.3 Å². The summed E-state index contributed by atoms with van der Waals surface area (Å²) < 4.78 is 1.79. The fourth-order valence-corrected chi connectivity index (χ4v) is 2.95. The first-order chi connectivity index (χ1) is 9.22. The Balaban J connectivity index is 1.86. The molecule has 7 heteroatoms. The van der Waals surface area contributed by atoms with Gasteiger partial charge in [-0.1, -0.05) is 11.3 Å². The standard InChI is InChI=1S/C12H11N5OS/c13-7-3-4-8(9(18)5-7)11-16-17-10(6-1-2-6)14-15-12(17)19-11/h3-6,18H,1-2,13H2. The van der Waals surface area contributed by atoms with E-state index in [0.29, 0.717) is 17.2 Å². The van der Waals surface area contributed by atoms with Crippen molar-refractivity contribution in [1.82, 2.24) is 19.8 Å². The van der Waals surface area contributed by atoms with Crippen molar-refractivity contribution >= 4 is 22.0 Å². The van der Waals surface area contributed by atoms with Crippen LogP contribution in [0.4, 0.5) is 5.69 Å². The topological polar surface area (TPSA) is 89.3 Å². The molecule has 1 saturated carbocycles. The van der Waals surface area contributed by atoms with E-state index in [1.54, 1.807) is 16.6 Å². The Morgan fingerprint density at radius 2 is 2.16 bits per heavy atom. The first-order valence-corrected chi connectivity index (χ1v) is 6.85. The summed E-state index contributed by atoms with van der Waals surface area (Å²) in [6, 6.07) is 5.05. The normalized spacial score (nSPS) is 15.2. The highest BCUT2D eigenvalue weighted by Gasteiger charge is 2.30. The van der Waals surface area contributed by atoms with Crippen molar-refractivity contribution in [2.24, 2.45) is 0 Å². The SMILES string of the molecule is Nc1ccc(-c2nn3c(C4CC4)nnc3s2)c(O)c1. The van der Waals surface area contributed by atoms with Gasteiger partial charge in [-0.25, -0.2) is 0 Å². The molecule has 2 aromatic heterocycles. The number of fused-ring (bicyclic) bond motifs is 1. The summed E-state index contributed by atoms with van der Waals surface area (Å²) in [4.78, 5) is 0.758. The van der Waals surface area contributed by atoms with Gasteiger partial charge in [0.15, 0.2) is 10.8 Å². The molecule has 1 aromatic carbocycles. The van der Waals surface area contributed by atoms with Gasteiger partial charge in [-0.15, -0.1) is 10.2 Å². The lowest BCUT2D eigenvalue weighted by atomic mass is 10.2. The van der Waals surface area contributed by atoms with Gasteiger partial charge >= 0.3 is 0 Å². The predicted molar refractivity (Wildman–Crippen MR) is 72.1 cm³/mol. The number of phenols is 1. The number of aromatic nitrogens is 4. The van der Waals surface area contributed by atoms with Gasteiger partial charge in [0.1, 0.15) is 5.75 Å². The molecule has 4 rings (SSSR count). The molecule has 1 fully saturated rings. The first-order valence-electron chi connectivity index (χ1n) is 6.03. The van der Waals surface area contributed by atoms with Crippen molar-refractivity contribution in [3.63, 3.8) is 0 Å². The Kier molecular flexibility index (Phi) is 2.08. The average Bonchev–Trinajstić information content (AvgIpc) is 2.99. The Morgan fingerprint density at radius 3 is 2.89 bits per heavy atom. The molecule has 0 radical (unpaired) electrons. The third-order valence-corrected chi connectivity index (χ3v) is 4.14. The molecular weight excluding hydrogens is 262 g/mol. The number of aromatic hydroxyl groups is 1. The van der Waals surface area contributed by atoms with Crippen molar-refractivity contribution in [2.75, 3.05) is 5.73 Å². The minimum Gasteiger partial charge on any atom is -0.507 e. The molecule has 0 unspecified atom stereocenters. The zero-order valence-corrected chi connectivity index (χ0v) is 10.8.